The van der Waals surface area contributed by atoms with Crippen molar-refractivity contribution in [3.05, 3.63) is 68.8 Å². The van der Waals surface area contributed by atoms with E-state index in [1.807, 2.05) is 18.2 Å². The third-order valence-electron chi connectivity index (χ3n) is 4.83. The summed E-state index contributed by atoms with van der Waals surface area (Å²) in [5.41, 5.74) is 1.48. The highest BCUT2D eigenvalue weighted by atomic mass is 79.9. The SMILES string of the molecule is O=C1/C(=C/c2cc(Br)ccc2OCc2cccc(F)c2)SC(=S)N1C[C@H]1CCCO1. The molecule has 30 heavy (non-hydrogen) atoms. The van der Waals surface area contributed by atoms with Crippen LogP contribution in [0.4, 0.5) is 4.39 Å². The fourth-order valence-electron chi connectivity index (χ4n) is 3.34. The first-order valence-corrected chi connectivity index (χ1v) is 11.5. The number of rotatable bonds is 6. The van der Waals surface area contributed by atoms with Gasteiger partial charge in [-0.3, -0.25) is 9.69 Å². The Balaban J connectivity index is 1.53. The number of carbonyl (C=O) groups is 1. The first-order chi connectivity index (χ1) is 14.5. The molecule has 0 saturated carbocycles. The Morgan fingerprint density at radius 2 is 2.20 bits per heavy atom. The smallest absolute Gasteiger partial charge is 0.266 e. The second-order valence-electron chi connectivity index (χ2n) is 7.03. The largest absolute Gasteiger partial charge is 0.488 e. The van der Waals surface area contributed by atoms with Crippen molar-refractivity contribution in [2.24, 2.45) is 0 Å². The highest BCUT2D eigenvalue weighted by Gasteiger charge is 2.34. The number of benzene rings is 2. The van der Waals surface area contributed by atoms with Gasteiger partial charge in [-0.15, -0.1) is 0 Å². The van der Waals surface area contributed by atoms with Crippen LogP contribution < -0.4 is 4.74 Å². The van der Waals surface area contributed by atoms with Crippen molar-refractivity contribution in [3.63, 3.8) is 0 Å². The summed E-state index contributed by atoms with van der Waals surface area (Å²) in [4.78, 5) is 15.1. The Bertz CT molecular complexity index is 1010. The number of amides is 1. The number of thioether (sulfide) groups is 1. The maximum absolute atomic E-state index is 13.4. The minimum absolute atomic E-state index is 0.0443. The van der Waals surface area contributed by atoms with E-state index in [1.165, 1.54) is 23.9 Å². The van der Waals surface area contributed by atoms with Gasteiger partial charge in [0, 0.05) is 16.6 Å². The van der Waals surface area contributed by atoms with Crippen molar-refractivity contribution in [2.75, 3.05) is 13.2 Å². The zero-order chi connectivity index (χ0) is 21.1. The topological polar surface area (TPSA) is 38.8 Å². The second kappa shape index (κ2) is 9.60. The van der Waals surface area contributed by atoms with Crippen molar-refractivity contribution in [1.29, 1.82) is 0 Å². The Labute approximate surface area is 192 Å². The maximum Gasteiger partial charge on any atom is 0.266 e. The molecule has 2 saturated heterocycles. The zero-order valence-electron chi connectivity index (χ0n) is 16.0. The summed E-state index contributed by atoms with van der Waals surface area (Å²) >= 11 is 10.2. The summed E-state index contributed by atoms with van der Waals surface area (Å²) in [5, 5.41) is 0. The van der Waals surface area contributed by atoms with Gasteiger partial charge in [-0.05, 0) is 54.8 Å². The van der Waals surface area contributed by atoms with Crippen LogP contribution in [-0.4, -0.2) is 34.4 Å². The predicted molar refractivity (Wildman–Crippen MR) is 124 cm³/mol. The van der Waals surface area contributed by atoms with Gasteiger partial charge in [0.15, 0.2) is 0 Å². The number of nitrogens with zero attached hydrogens (tertiary/aromatic N) is 1. The lowest BCUT2D eigenvalue weighted by Gasteiger charge is -2.18. The van der Waals surface area contributed by atoms with E-state index in [0.717, 1.165) is 35.0 Å². The van der Waals surface area contributed by atoms with E-state index < -0.39 is 0 Å². The molecule has 2 aliphatic heterocycles. The van der Waals surface area contributed by atoms with Crippen LogP contribution in [0.3, 0.4) is 0 Å². The van der Waals surface area contributed by atoms with Crippen molar-refractivity contribution in [1.82, 2.24) is 4.90 Å². The molecule has 2 heterocycles. The molecule has 0 spiro atoms. The number of ether oxygens (including phenoxy) is 2. The zero-order valence-corrected chi connectivity index (χ0v) is 19.2. The van der Waals surface area contributed by atoms with Crippen LogP contribution in [0.1, 0.15) is 24.0 Å². The molecule has 0 bridgehead atoms. The fraction of sp³-hybridized carbons (Fsp3) is 0.273. The second-order valence-corrected chi connectivity index (χ2v) is 9.62. The molecule has 4 nitrogen and oxygen atoms in total. The summed E-state index contributed by atoms with van der Waals surface area (Å²) in [5.74, 6) is 0.186. The van der Waals surface area contributed by atoms with Gasteiger partial charge < -0.3 is 9.47 Å². The Morgan fingerprint density at radius 3 is 2.97 bits per heavy atom. The molecule has 156 valence electrons. The van der Waals surface area contributed by atoms with Gasteiger partial charge in [0.2, 0.25) is 0 Å². The highest BCUT2D eigenvalue weighted by molar-refractivity contribution is 9.10. The molecule has 1 atom stereocenters. The van der Waals surface area contributed by atoms with Gasteiger partial charge in [0.25, 0.3) is 5.91 Å². The summed E-state index contributed by atoms with van der Waals surface area (Å²) in [7, 11) is 0. The number of hydrogen-bond donors (Lipinski definition) is 0. The molecule has 0 aromatic heterocycles. The van der Waals surface area contributed by atoms with Crippen molar-refractivity contribution >= 4 is 56.2 Å². The molecular formula is C22H19BrFNO3S2. The van der Waals surface area contributed by atoms with Gasteiger partial charge in [-0.1, -0.05) is 52.0 Å². The summed E-state index contributed by atoms with van der Waals surface area (Å²) in [6, 6.07) is 11.9. The molecule has 8 heteroatoms. The lowest BCUT2D eigenvalue weighted by Crippen LogP contribution is -2.35. The van der Waals surface area contributed by atoms with Crippen LogP contribution in [0.2, 0.25) is 0 Å². The first kappa shape index (κ1) is 21.5. The van der Waals surface area contributed by atoms with Gasteiger partial charge in [-0.2, -0.15) is 0 Å². The molecule has 2 fully saturated rings. The minimum atomic E-state index is -0.304. The molecule has 0 N–H and O–H groups in total. The third kappa shape index (κ3) is 5.11. The van der Waals surface area contributed by atoms with E-state index in [4.69, 9.17) is 21.7 Å². The van der Waals surface area contributed by atoms with Gasteiger partial charge in [-0.25, -0.2) is 4.39 Å². The predicted octanol–water partition coefficient (Wildman–Crippen LogP) is 5.55. The lowest BCUT2D eigenvalue weighted by molar-refractivity contribution is -0.123. The number of carbonyl (C=O) groups excluding carboxylic acids is 1. The Kier molecular flexibility index (Phi) is 6.87. The van der Waals surface area contributed by atoms with Crippen LogP contribution >= 0.6 is 39.9 Å². The molecule has 0 aliphatic carbocycles. The standard InChI is InChI=1S/C22H19BrFNO3S2/c23-16-6-7-19(28-13-14-3-1-4-17(24)9-14)15(10-16)11-20-21(26)25(22(29)30-20)12-18-5-2-8-27-18/h1,3-4,6-7,9-11,18H,2,5,8,12-13H2/b20-11-/t18-/m1/s1. The molecule has 2 aliphatic rings. The molecule has 0 unspecified atom stereocenters. The third-order valence-corrected chi connectivity index (χ3v) is 6.70. The maximum atomic E-state index is 13.4. The van der Waals surface area contributed by atoms with Crippen molar-refractivity contribution in [3.8, 4) is 5.75 Å². The van der Waals surface area contributed by atoms with E-state index in [9.17, 15) is 9.18 Å². The minimum Gasteiger partial charge on any atom is -0.488 e. The average Bonchev–Trinajstić information content (AvgIpc) is 3.32. The van der Waals surface area contributed by atoms with Crippen molar-refractivity contribution < 1.29 is 18.7 Å². The fourth-order valence-corrected chi connectivity index (χ4v) is 4.99. The Hall–Kier alpha value is -1.74. The van der Waals surface area contributed by atoms with E-state index in [1.54, 1.807) is 23.1 Å². The van der Waals surface area contributed by atoms with Gasteiger partial charge in [0.05, 0.1) is 17.6 Å². The lowest BCUT2D eigenvalue weighted by atomic mass is 10.1. The first-order valence-electron chi connectivity index (χ1n) is 9.53. The number of thiocarbonyl (C=S) groups is 1. The molecule has 1 amide bonds. The summed E-state index contributed by atoms with van der Waals surface area (Å²) < 4.78 is 26.4. The molecule has 2 aromatic carbocycles. The highest BCUT2D eigenvalue weighted by Crippen LogP contribution is 2.36. The molecule has 4 rings (SSSR count). The average molecular weight is 508 g/mol. The van der Waals surface area contributed by atoms with E-state index in [-0.39, 0.29) is 24.4 Å². The van der Waals surface area contributed by atoms with Crippen LogP contribution in [0.5, 0.6) is 5.75 Å². The molecule has 2 aromatic rings. The van der Waals surface area contributed by atoms with Crippen molar-refractivity contribution in [2.45, 2.75) is 25.6 Å². The van der Waals surface area contributed by atoms with E-state index >= 15 is 0 Å². The molecule has 0 radical (unpaired) electrons. The van der Waals surface area contributed by atoms with Crippen LogP contribution in [-0.2, 0) is 16.1 Å². The number of halogens is 2. The van der Waals surface area contributed by atoms with Crippen LogP contribution in [0.15, 0.2) is 51.8 Å². The number of hydrogen-bond acceptors (Lipinski definition) is 5. The van der Waals surface area contributed by atoms with Crippen LogP contribution in [0, 0.1) is 5.82 Å². The van der Waals surface area contributed by atoms with E-state index in [0.29, 0.717) is 21.5 Å². The quantitative estimate of drug-likeness (QED) is 0.378. The normalized spacial score (nSPS) is 20.4. The van der Waals surface area contributed by atoms with Gasteiger partial charge >= 0.3 is 0 Å². The van der Waals surface area contributed by atoms with Crippen LogP contribution in [0.25, 0.3) is 6.08 Å². The monoisotopic (exact) mass is 507 g/mol. The Morgan fingerprint density at radius 1 is 1.33 bits per heavy atom. The summed E-state index contributed by atoms with van der Waals surface area (Å²) in [6.45, 7) is 1.45. The van der Waals surface area contributed by atoms with Gasteiger partial charge in [0.1, 0.15) is 22.5 Å². The van der Waals surface area contributed by atoms with E-state index in [2.05, 4.69) is 15.9 Å². The summed E-state index contributed by atoms with van der Waals surface area (Å²) in [6.07, 6.45) is 3.79. The molecular weight excluding hydrogens is 489 g/mol.